The Morgan fingerprint density at radius 3 is 2.25 bits per heavy atom. The van der Waals surface area contributed by atoms with Crippen molar-refractivity contribution in [2.45, 2.75) is 6.04 Å². The lowest BCUT2D eigenvalue weighted by Gasteiger charge is -2.11. The zero-order chi connectivity index (χ0) is 11.7. The summed E-state index contributed by atoms with van der Waals surface area (Å²) in [7, 11) is 0. The van der Waals surface area contributed by atoms with Gasteiger partial charge in [0.2, 0.25) is 0 Å². The Labute approximate surface area is 89.5 Å². The minimum absolute atomic E-state index is 0.212. The fourth-order valence-electron chi connectivity index (χ4n) is 1.46. The summed E-state index contributed by atoms with van der Waals surface area (Å²) in [5.41, 5.74) is 5.21. The molecule has 2 aromatic rings. The number of benzene rings is 1. The Hall–Kier alpha value is -1.75. The van der Waals surface area contributed by atoms with E-state index in [2.05, 4.69) is 0 Å². The Bertz CT molecular complexity index is 473. The smallest absolute Gasteiger partial charge is 0.134 e. The molecule has 0 radical (unpaired) electrons. The van der Waals surface area contributed by atoms with Crippen molar-refractivity contribution in [3.05, 3.63) is 59.3 Å². The Morgan fingerprint density at radius 1 is 1.12 bits per heavy atom. The predicted octanol–water partition coefficient (Wildman–Crippen LogP) is 2.75. The van der Waals surface area contributed by atoms with Crippen LogP contribution in [0.5, 0.6) is 0 Å². The molecular weight excluding hydrogens is 219 g/mol. The van der Waals surface area contributed by atoms with Crippen LogP contribution in [0.1, 0.15) is 17.4 Å². The summed E-state index contributed by atoms with van der Waals surface area (Å²) < 4.78 is 44.3. The molecule has 0 fully saturated rings. The molecule has 1 unspecified atom stereocenters. The fourth-order valence-corrected chi connectivity index (χ4v) is 1.46. The molecule has 0 aliphatic rings. The topological polar surface area (TPSA) is 39.2 Å². The van der Waals surface area contributed by atoms with Gasteiger partial charge in [0.15, 0.2) is 0 Å². The lowest BCUT2D eigenvalue weighted by Crippen LogP contribution is -2.15. The number of rotatable bonds is 2. The van der Waals surface area contributed by atoms with Gasteiger partial charge in [0.05, 0.1) is 12.3 Å². The van der Waals surface area contributed by atoms with E-state index in [9.17, 15) is 13.2 Å². The largest absolute Gasteiger partial charge is 0.467 e. The van der Waals surface area contributed by atoms with Gasteiger partial charge in [-0.15, -0.1) is 0 Å². The number of hydrogen-bond donors (Lipinski definition) is 1. The summed E-state index contributed by atoms with van der Waals surface area (Å²) in [5, 5.41) is 0. The van der Waals surface area contributed by atoms with Crippen LogP contribution >= 0.6 is 0 Å². The molecule has 84 valence electrons. The van der Waals surface area contributed by atoms with E-state index < -0.39 is 29.1 Å². The highest BCUT2D eigenvalue weighted by atomic mass is 19.1. The average Bonchev–Trinajstić information content (AvgIpc) is 2.67. The maximum atomic E-state index is 13.4. The van der Waals surface area contributed by atoms with Gasteiger partial charge in [-0.05, 0) is 12.1 Å². The molecule has 0 aliphatic heterocycles. The molecule has 0 bridgehead atoms. The Kier molecular flexibility index (Phi) is 2.70. The van der Waals surface area contributed by atoms with Crippen LogP contribution in [0.25, 0.3) is 0 Å². The number of hydrogen-bond acceptors (Lipinski definition) is 2. The summed E-state index contributed by atoms with van der Waals surface area (Å²) >= 11 is 0. The first-order valence-electron chi connectivity index (χ1n) is 4.53. The molecule has 0 amide bonds. The first-order chi connectivity index (χ1) is 7.59. The zero-order valence-electron chi connectivity index (χ0n) is 8.08. The summed E-state index contributed by atoms with van der Waals surface area (Å²) in [4.78, 5) is 0. The fraction of sp³-hybridized carbons (Fsp3) is 0.0909. The third-order valence-corrected chi connectivity index (χ3v) is 2.20. The van der Waals surface area contributed by atoms with Gasteiger partial charge in [-0.1, -0.05) is 0 Å². The van der Waals surface area contributed by atoms with Crippen molar-refractivity contribution in [1.29, 1.82) is 0 Å². The van der Waals surface area contributed by atoms with Gasteiger partial charge < -0.3 is 10.2 Å². The van der Waals surface area contributed by atoms with Gasteiger partial charge in [-0.25, -0.2) is 13.2 Å². The first kappa shape index (κ1) is 10.8. The highest BCUT2D eigenvalue weighted by Crippen LogP contribution is 2.25. The van der Waals surface area contributed by atoms with Crippen molar-refractivity contribution in [2.75, 3.05) is 0 Å². The van der Waals surface area contributed by atoms with E-state index in [1.54, 1.807) is 6.07 Å². The highest BCUT2D eigenvalue weighted by molar-refractivity contribution is 5.29. The van der Waals surface area contributed by atoms with E-state index in [0.29, 0.717) is 12.1 Å². The van der Waals surface area contributed by atoms with Crippen molar-refractivity contribution in [1.82, 2.24) is 0 Å². The lowest BCUT2D eigenvalue weighted by atomic mass is 10.0. The molecule has 16 heavy (non-hydrogen) atoms. The van der Waals surface area contributed by atoms with E-state index in [1.165, 1.54) is 12.3 Å². The quantitative estimate of drug-likeness (QED) is 0.856. The predicted molar refractivity (Wildman–Crippen MR) is 51.1 cm³/mol. The van der Waals surface area contributed by atoms with Gasteiger partial charge in [0.25, 0.3) is 0 Å². The third kappa shape index (κ3) is 1.81. The minimum Gasteiger partial charge on any atom is -0.467 e. The van der Waals surface area contributed by atoms with Gasteiger partial charge in [-0.3, -0.25) is 0 Å². The molecule has 2 rings (SSSR count). The summed E-state index contributed by atoms with van der Waals surface area (Å²) in [6, 6.07) is 3.12. The van der Waals surface area contributed by atoms with E-state index in [4.69, 9.17) is 10.2 Å². The summed E-state index contributed by atoms with van der Waals surface area (Å²) in [5.74, 6) is -2.82. The Balaban J connectivity index is 2.48. The summed E-state index contributed by atoms with van der Waals surface area (Å²) in [6.07, 6.45) is 1.34. The van der Waals surface area contributed by atoms with Crippen LogP contribution in [0.2, 0.25) is 0 Å². The first-order valence-corrected chi connectivity index (χ1v) is 4.53. The second-order valence-electron chi connectivity index (χ2n) is 3.28. The van der Waals surface area contributed by atoms with Gasteiger partial charge in [0.1, 0.15) is 23.2 Å². The van der Waals surface area contributed by atoms with Crippen LogP contribution < -0.4 is 5.73 Å². The molecule has 1 aromatic carbocycles. The molecule has 1 heterocycles. The van der Waals surface area contributed by atoms with Gasteiger partial charge in [0, 0.05) is 17.7 Å². The average molecular weight is 227 g/mol. The van der Waals surface area contributed by atoms with Gasteiger partial charge in [-0.2, -0.15) is 0 Å². The van der Waals surface area contributed by atoms with Crippen molar-refractivity contribution in [2.24, 2.45) is 5.73 Å². The van der Waals surface area contributed by atoms with Crippen molar-refractivity contribution in [3.63, 3.8) is 0 Å². The Morgan fingerprint density at radius 2 is 1.75 bits per heavy atom. The monoisotopic (exact) mass is 227 g/mol. The molecule has 2 nitrogen and oxygen atoms in total. The van der Waals surface area contributed by atoms with Crippen LogP contribution in [-0.2, 0) is 0 Å². The zero-order valence-corrected chi connectivity index (χ0v) is 8.08. The van der Waals surface area contributed by atoms with Crippen molar-refractivity contribution in [3.8, 4) is 0 Å². The number of furan rings is 1. The SMILES string of the molecule is NC(c1ccco1)c1c(F)cc(F)cc1F. The molecule has 0 saturated heterocycles. The molecule has 1 atom stereocenters. The van der Waals surface area contributed by atoms with Crippen molar-refractivity contribution < 1.29 is 17.6 Å². The standard InChI is InChI=1S/C11H8F3NO/c12-6-4-7(13)10(8(14)5-6)11(15)9-2-1-3-16-9/h1-5,11H,15H2. The molecule has 5 heteroatoms. The second kappa shape index (κ2) is 4.02. The molecular formula is C11H8F3NO. The molecule has 0 spiro atoms. The van der Waals surface area contributed by atoms with Crippen molar-refractivity contribution >= 4 is 0 Å². The number of nitrogens with two attached hydrogens (primary N) is 1. The van der Waals surface area contributed by atoms with E-state index >= 15 is 0 Å². The highest BCUT2D eigenvalue weighted by Gasteiger charge is 2.21. The molecule has 0 saturated carbocycles. The molecule has 1 aromatic heterocycles. The molecule has 2 N–H and O–H groups in total. The third-order valence-electron chi connectivity index (χ3n) is 2.20. The van der Waals surface area contributed by atoms with Crippen LogP contribution in [-0.4, -0.2) is 0 Å². The van der Waals surface area contributed by atoms with Crippen LogP contribution in [0.15, 0.2) is 34.9 Å². The van der Waals surface area contributed by atoms with E-state index in [-0.39, 0.29) is 5.76 Å². The maximum absolute atomic E-state index is 13.4. The normalized spacial score (nSPS) is 12.8. The van der Waals surface area contributed by atoms with E-state index in [1.807, 2.05) is 0 Å². The minimum atomic E-state index is -1.09. The summed E-state index contributed by atoms with van der Waals surface area (Å²) in [6.45, 7) is 0. The second-order valence-corrected chi connectivity index (χ2v) is 3.28. The van der Waals surface area contributed by atoms with E-state index in [0.717, 1.165) is 0 Å². The maximum Gasteiger partial charge on any atom is 0.134 e. The lowest BCUT2D eigenvalue weighted by molar-refractivity contribution is 0.460. The number of halogens is 3. The van der Waals surface area contributed by atoms with Crippen LogP contribution in [0.3, 0.4) is 0 Å². The van der Waals surface area contributed by atoms with Crippen LogP contribution in [0.4, 0.5) is 13.2 Å². The van der Waals surface area contributed by atoms with Crippen LogP contribution in [0, 0.1) is 17.5 Å². The van der Waals surface area contributed by atoms with Gasteiger partial charge >= 0.3 is 0 Å². The molecule has 0 aliphatic carbocycles.